The highest BCUT2D eigenvalue weighted by atomic mass is 127. The van der Waals surface area contributed by atoms with Gasteiger partial charge in [0.1, 0.15) is 17.3 Å². The van der Waals surface area contributed by atoms with Crippen molar-refractivity contribution >= 4 is 28.3 Å². The fourth-order valence-electron chi connectivity index (χ4n) is 2.00. The predicted octanol–water partition coefficient (Wildman–Crippen LogP) is 5.30. The molecule has 0 atom stereocenters. The van der Waals surface area contributed by atoms with Gasteiger partial charge in [0.15, 0.2) is 0 Å². The number of anilines is 1. The Labute approximate surface area is 136 Å². The third-order valence-electron chi connectivity index (χ3n) is 3.10. The van der Waals surface area contributed by atoms with Crippen molar-refractivity contribution in [2.45, 2.75) is 6.54 Å². The van der Waals surface area contributed by atoms with Gasteiger partial charge in [-0.1, -0.05) is 0 Å². The van der Waals surface area contributed by atoms with Gasteiger partial charge in [-0.2, -0.15) is 0 Å². The number of rotatable bonds is 4. The summed E-state index contributed by atoms with van der Waals surface area (Å²) in [7, 11) is 0. The molecule has 4 heteroatoms. The van der Waals surface area contributed by atoms with Gasteiger partial charge in [-0.25, -0.2) is 4.39 Å². The van der Waals surface area contributed by atoms with Crippen molar-refractivity contribution in [3.8, 4) is 11.3 Å². The van der Waals surface area contributed by atoms with Gasteiger partial charge in [-0.05, 0) is 83.3 Å². The summed E-state index contributed by atoms with van der Waals surface area (Å²) in [6.45, 7) is 0.613. The molecule has 0 aliphatic carbocycles. The second-order valence-corrected chi connectivity index (χ2v) is 5.88. The van der Waals surface area contributed by atoms with Gasteiger partial charge in [-0.3, -0.25) is 0 Å². The fraction of sp³-hybridized carbons (Fsp3) is 0.0588. The minimum atomic E-state index is -0.245. The molecule has 0 spiro atoms. The van der Waals surface area contributed by atoms with Crippen LogP contribution in [0.1, 0.15) is 5.76 Å². The zero-order valence-corrected chi connectivity index (χ0v) is 13.3. The molecule has 3 rings (SSSR count). The number of halogens is 2. The Morgan fingerprint density at radius 1 is 0.905 bits per heavy atom. The van der Waals surface area contributed by atoms with E-state index in [1.165, 1.54) is 15.7 Å². The monoisotopic (exact) mass is 393 g/mol. The Balaban J connectivity index is 1.67. The summed E-state index contributed by atoms with van der Waals surface area (Å²) < 4.78 is 19.9. The summed E-state index contributed by atoms with van der Waals surface area (Å²) in [5, 5.41) is 3.30. The molecule has 2 aromatic carbocycles. The lowest BCUT2D eigenvalue weighted by Gasteiger charge is -2.04. The van der Waals surface area contributed by atoms with Crippen LogP contribution in [0.4, 0.5) is 10.1 Å². The summed E-state index contributed by atoms with van der Waals surface area (Å²) in [6.07, 6.45) is 0. The largest absolute Gasteiger partial charge is 0.459 e. The lowest BCUT2D eigenvalue weighted by molar-refractivity contribution is 0.531. The van der Waals surface area contributed by atoms with Gasteiger partial charge in [0.05, 0.1) is 6.54 Å². The van der Waals surface area contributed by atoms with E-state index in [9.17, 15) is 4.39 Å². The van der Waals surface area contributed by atoms with E-state index in [1.54, 1.807) is 12.1 Å². The van der Waals surface area contributed by atoms with E-state index in [1.807, 2.05) is 24.3 Å². The van der Waals surface area contributed by atoms with E-state index < -0.39 is 0 Å². The van der Waals surface area contributed by atoms with Gasteiger partial charge in [-0.15, -0.1) is 0 Å². The third-order valence-corrected chi connectivity index (χ3v) is 3.82. The molecule has 0 fully saturated rings. The molecule has 0 saturated heterocycles. The summed E-state index contributed by atoms with van der Waals surface area (Å²) in [5.41, 5.74) is 1.92. The van der Waals surface area contributed by atoms with Crippen molar-refractivity contribution in [2.75, 3.05) is 5.32 Å². The Morgan fingerprint density at radius 3 is 2.33 bits per heavy atom. The fourth-order valence-corrected chi connectivity index (χ4v) is 2.36. The first-order chi connectivity index (χ1) is 10.2. The van der Waals surface area contributed by atoms with Crippen molar-refractivity contribution in [3.63, 3.8) is 0 Å². The first-order valence-corrected chi connectivity index (χ1v) is 7.63. The third kappa shape index (κ3) is 3.64. The quantitative estimate of drug-likeness (QED) is 0.609. The first-order valence-electron chi connectivity index (χ1n) is 6.55. The van der Waals surface area contributed by atoms with Crippen LogP contribution in [-0.2, 0) is 6.54 Å². The molecule has 0 amide bonds. The number of benzene rings is 2. The average Bonchev–Trinajstić information content (AvgIpc) is 2.96. The maximum Gasteiger partial charge on any atom is 0.134 e. The molecule has 0 saturated carbocycles. The van der Waals surface area contributed by atoms with Gasteiger partial charge < -0.3 is 9.73 Å². The standard InChI is InChI=1S/C17H13FINO/c18-13-3-1-12(2-4-13)17-10-9-16(21-17)11-20-15-7-5-14(19)6-8-15/h1-10,20H,11H2. The van der Waals surface area contributed by atoms with Crippen LogP contribution in [0, 0.1) is 9.39 Å². The molecular weight excluding hydrogens is 380 g/mol. The SMILES string of the molecule is Fc1ccc(-c2ccc(CNc3ccc(I)cc3)o2)cc1. The van der Waals surface area contributed by atoms with E-state index in [0.717, 1.165) is 22.8 Å². The molecule has 0 radical (unpaired) electrons. The smallest absolute Gasteiger partial charge is 0.134 e. The lowest BCUT2D eigenvalue weighted by Crippen LogP contribution is -1.97. The van der Waals surface area contributed by atoms with Crippen LogP contribution >= 0.6 is 22.6 Å². The molecule has 0 bridgehead atoms. The van der Waals surface area contributed by atoms with Crippen LogP contribution in [0.5, 0.6) is 0 Å². The van der Waals surface area contributed by atoms with Crippen LogP contribution in [0.2, 0.25) is 0 Å². The van der Waals surface area contributed by atoms with Crippen molar-refractivity contribution in [3.05, 3.63) is 75.8 Å². The number of furan rings is 1. The lowest BCUT2D eigenvalue weighted by atomic mass is 10.2. The van der Waals surface area contributed by atoms with Crippen molar-refractivity contribution in [1.29, 1.82) is 0 Å². The van der Waals surface area contributed by atoms with Gasteiger partial charge >= 0.3 is 0 Å². The van der Waals surface area contributed by atoms with Gasteiger partial charge in [0, 0.05) is 14.8 Å². The Hall–Kier alpha value is -1.82. The molecule has 1 N–H and O–H groups in total. The van der Waals surface area contributed by atoms with Gasteiger partial charge in [0.2, 0.25) is 0 Å². The van der Waals surface area contributed by atoms with E-state index in [2.05, 4.69) is 40.0 Å². The minimum Gasteiger partial charge on any atom is -0.459 e. The summed E-state index contributed by atoms with van der Waals surface area (Å²) >= 11 is 2.28. The van der Waals surface area contributed by atoms with Gasteiger partial charge in [0.25, 0.3) is 0 Å². The minimum absolute atomic E-state index is 0.245. The zero-order valence-electron chi connectivity index (χ0n) is 11.1. The van der Waals surface area contributed by atoms with E-state index in [-0.39, 0.29) is 5.82 Å². The molecule has 0 aliphatic rings. The molecular formula is C17H13FINO. The normalized spacial score (nSPS) is 10.6. The van der Waals surface area contributed by atoms with Crippen LogP contribution < -0.4 is 5.32 Å². The molecule has 106 valence electrons. The number of hydrogen-bond acceptors (Lipinski definition) is 2. The number of hydrogen-bond donors (Lipinski definition) is 1. The maximum absolute atomic E-state index is 12.9. The molecule has 0 aliphatic heterocycles. The molecule has 2 nitrogen and oxygen atoms in total. The summed E-state index contributed by atoms with van der Waals surface area (Å²) in [6, 6.07) is 18.3. The second kappa shape index (κ2) is 6.30. The highest BCUT2D eigenvalue weighted by Gasteiger charge is 2.05. The summed E-state index contributed by atoms with van der Waals surface area (Å²) in [5.74, 6) is 1.34. The van der Waals surface area contributed by atoms with Crippen LogP contribution in [0.15, 0.2) is 65.1 Å². The number of nitrogens with one attached hydrogen (secondary N) is 1. The van der Waals surface area contributed by atoms with Crippen LogP contribution in [0.3, 0.4) is 0 Å². The van der Waals surface area contributed by atoms with E-state index in [4.69, 9.17) is 4.42 Å². The average molecular weight is 393 g/mol. The van der Waals surface area contributed by atoms with Crippen molar-refractivity contribution < 1.29 is 8.81 Å². The topological polar surface area (TPSA) is 25.2 Å². The molecule has 1 aromatic heterocycles. The van der Waals surface area contributed by atoms with Crippen molar-refractivity contribution in [2.24, 2.45) is 0 Å². The van der Waals surface area contributed by atoms with Crippen LogP contribution in [0.25, 0.3) is 11.3 Å². The Kier molecular flexibility index (Phi) is 4.24. The van der Waals surface area contributed by atoms with E-state index in [0.29, 0.717) is 6.54 Å². The van der Waals surface area contributed by atoms with E-state index >= 15 is 0 Å². The first kappa shape index (κ1) is 14.1. The second-order valence-electron chi connectivity index (χ2n) is 4.63. The molecule has 0 unspecified atom stereocenters. The molecule has 1 heterocycles. The Morgan fingerprint density at radius 2 is 1.62 bits per heavy atom. The Bertz CT molecular complexity index is 719. The maximum atomic E-state index is 12.9. The predicted molar refractivity (Wildman–Crippen MR) is 90.6 cm³/mol. The summed E-state index contributed by atoms with van der Waals surface area (Å²) in [4.78, 5) is 0. The van der Waals surface area contributed by atoms with Crippen LogP contribution in [-0.4, -0.2) is 0 Å². The zero-order chi connectivity index (χ0) is 14.7. The highest BCUT2D eigenvalue weighted by molar-refractivity contribution is 14.1. The highest BCUT2D eigenvalue weighted by Crippen LogP contribution is 2.23. The van der Waals surface area contributed by atoms with Crippen molar-refractivity contribution in [1.82, 2.24) is 0 Å². The molecule has 21 heavy (non-hydrogen) atoms. The molecule has 3 aromatic rings.